The van der Waals surface area contributed by atoms with Crippen molar-refractivity contribution in [3.8, 4) is 0 Å². The van der Waals surface area contributed by atoms with Crippen molar-refractivity contribution in [2.45, 2.75) is 53.4 Å². The van der Waals surface area contributed by atoms with E-state index < -0.39 is 0 Å². The second-order valence-corrected chi connectivity index (χ2v) is 12.4. The second-order valence-electron chi connectivity index (χ2n) is 12.4. The van der Waals surface area contributed by atoms with Crippen LogP contribution in [-0.2, 0) is 46.5 Å². The average Bonchev–Trinajstić information content (AvgIpc) is 3.07. The van der Waals surface area contributed by atoms with Gasteiger partial charge in [0.1, 0.15) is 24.0 Å². The molecule has 2 aromatic rings. The van der Waals surface area contributed by atoms with Crippen LogP contribution in [0.4, 0.5) is 11.6 Å². The average molecular weight is 739 g/mol. The molecule has 4 amide bonds. The summed E-state index contributed by atoms with van der Waals surface area (Å²) in [5.74, 6) is 6.01. The highest BCUT2D eigenvalue weighted by Gasteiger charge is 2.33. The van der Waals surface area contributed by atoms with Crippen LogP contribution < -0.4 is 16.5 Å². The van der Waals surface area contributed by atoms with Crippen LogP contribution in [0.15, 0.2) is 41.8 Å². The summed E-state index contributed by atoms with van der Waals surface area (Å²) in [6.45, 7) is 10.7. The van der Waals surface area contributed by atoms with Gasteiger partial charge in [0.2, 0.25) is 23.6 Å². The molecule has 2 aromatic heterocycles. The van der Waals surface area contributed by atoms with Crippen LogP contribution >= 0.6 is 12.4 Å². The zero-order valence-electron chi connectivity index (χ0n) is 29.9. The number of rotatable bonds is 9. The Kier molecular flexibility index (Phi) is 16.1. The van der Waals surface area contributed by atoms with Gasteiger partial charge >= 0.3 is 0 Å². The third-order valence-corrected chi connectivity index (χ3v) is 8.63. The molecule has 0 aromatic carbocycles. The minimum absolute atomic E-state index is 0. The fourth-order valence-corrected chi connectivity index (χ4v) is 5.36. The largest absolute Gasteiger partial charge is 0.396 e. The van der Waals surface area contributed by atoms with Crippen molar-refractivity contribution in [3.63, 3.8) is 0 Å². The molecule has 280 valence electrons. The molecule has 0 unspecified atom stereocenters. The molecule has 2 fully saturated rings. The number of nitrogens with two attached hydrogens (primary N) is 1. The van der Waals surface area contributed by atoms with Gasteiger partial charge < -0.3 is 30.1 Å². The number of pyridine rings is 2. The fraction of sp³-hybridized carbons (Fsp3) is 0.444. The maximum Gasteiger partial charge on any atom is 0.246 e. The van der Waals surface area contributed by atoms with Gasteiger partial charge in [0.15, 0.2) is 0 Å². The number of fused-ring (bicyclic) bond motifs is 2. The zero-order chi connectivity index (χ0) is 36.9. The van der Waals surface area contributed by atoms with Gasteiger partial charge in [-0.25, -0.2) is 15.9 Å². The summed E-state index contributed by atoms with van der Waals surface area (Å²) < 4.78 is 0. The molecule has 0 saturated carbocycles. The SMILES string of the molecule is CC(=O)C1CN(C(=O)/C=C/c2cnc3c(c2)CCC(=O)N3)C1.CCO/N=C(/C)C1CN(C(=O)/C=C/c2cnc3c(c2)CCC(=O)N3)C1.CCON.Cl. The minimum Gasteiger partial charge on any atom is -0.396 e. The predicted molar refractivity (Wildman–Crippen MR) is 199 cm³/mol. The van der Waals surface area contributed by atoms with Gasteiger partial charge in [0, 0.05) is 69.5 Å². The Morgan fingerprint density at radius 3 is 1.65 bits per heavy atom. The summed E-state index contributed by atoms with van der Waals surface area (Å²) >= 11 is 0. The van der Waals surface area contributed by atoms with Crippen molar-refractivity contribution in [2.24, 2.45) is 22.9 Å². The van der Waals surface area contributed by atoms with Crippen LogP contribution in [-0.4, -0.2) is 94.3 Å². The number of carbonyl (C=O) groups is 5. The van der Waals surface area contributed by atoms with Crippen LogP contribution in [0, 0.1) is 11.8 Å². The van der Waals surface area contributed by atoms with E-state index >= 15 is 0 Å². The first-order valence-electron chi connectivity index (χ1n) is 17.0. The molecule has 52 heavy (non-hydrogen) atoms. The second kappa shape index (κ2) is 20.2. The summed E-state index contributed by atoms with van der Waals surface area (Å²) in [6.07, 6.45) is 12.1. The first-order valence-corrected chi connectivity index (χ1v) is 17.0. The topological polar surface area (TPSA) is 199 Å². The van der Waals surface area contributed by atoms with E-state index in [1.165, 1.54) is 6.08 Å². The number of anilines is 2. The van der Waals surface area contributed by atoms with Gasteiger partial charge in [-0.2, -0.15) is 0 Å². The van der Waals surface area contributed by atoms with E-state index in [0.717, 1.165) is 28.0 Å². The van der Waals surface area contributed by atoms with E-state index in [2.05, 4.69) is 36.5 Å². The maximum absolute atomic E-state index is 12.2. The number of aryl methyl sites for hydroxylation is 2. The smallest absolute Gasteiger partial charge is 0.246 e. The number of hydrogen-bond acceptors (Lipinski definition) is 11. The molecule has 16 heteroatoms. The van der Waals surface area contributed by atoms with Crippen molar-refractivity contribution >= 4 is 71.3 Å². The molecule has 6 heterocycles. The highest BCUT2D eigenvalue weighted by Crippen LogP contribution is 2.24. The minimum atomic E-state index is -0.0940. The Morgan fingerprint density at radius 1 is 0.808 bits per heavy atom. The van der Waals surface area contributed by atoms with Gasteiger partial charge in [0.25, 0.3) is 0 Å². The Labute approximate surface area is 309 Å². The summed E-state index contributed by atoms with van der Waals surface area (Å²) in [5, 5.41) is 9.49. The number of nitrogens with zero attached hydrogens (tertiary/aromatic N) is 5. The lowest BCUT2D eigenvalue weighted by molar-refractivity contribution is -0.137. The van der Waals surface area contributed by atoms with Crippen molar-refractivity contribution in [1.82, 2.24) is 19.8 Å². The van der Waals surface area contributed by atoms with Crippen LogP contribution in [0.3, 0.4) is 0 Å². The molecule has 4 N–H and O–H groups in total. The molecule has 0 aliphatic carbocycles. The number of amides is 4. The number of halogens is 1. The number of oxime groups is 1. The lowest BCUT2D eigenvalue weighted by Gasteiger charge is -2.38. The van der Waals surface area contributed by atoms with Crippen molar-refractivity contribution in [2.75, 3.05) is 50.0 Å². The molecule has 0 spiro atoms. The van der Waals surface area contributed by atoms with Crippen molar-refractivity contribution in [1.29, 1.82) is 0 Å². The van der Waals surface area contributed by atoms with Gasteiger partial charge in [-0.05, 0) is 87.1 Å². The van der Waals surface area contributed by atoms with Crippen LogP contribution in [0.5, 0.6) is 0 Å². The van der Waals surface area contributed by atoms with Gasteiger partial charge in [-0.1, -0.05) is 5.16 Å². The molecule has 0 atom stereocenters. The third kappa shape index (κ3) is 11.8. The highest BCUT2D eigenvalue weighted by atomic mass is 35.5. The Balaban J connectivity index is 0.000000251. The quantitative estimate of drug-likeness (QED) is 0.195. The van der Waals surface area contributed by atoms with Crippen LogP contribution in [0.2, 0.25) is 0 Å². The zero-order valence-corrected chi connectivity index (χ0v) is 30.7. The Hall–Kier alpha value is -4.99. The molecule has 0 bridgehead atoms. The Bertz CT molecular complexity index is 1700. The lowest BCUT2D eigenvalue weighted by Crippen LogP contribution is -2.52. The Morgan fingerprint density at radius 2 is 1.25 bits per heavy atom. The number of hydrogen-bond donors (Lipinski definition) is 3. The summed E-state index contributed by atoms with van der Waals surface area (Å²) in [6, 6.07) is 3.89. The lowest BCUT2D eigenvalue weighted by atomic mass is 9.95. The van der Waals surface area contributed by atoms with Gasteiger partial charge in [0.05, 0.1) is 18.2 Å². The molecule has 0 radical (unpaired) electrons. The molecule has 15 nitrogen and oxygen atoms in total. The first-order chi connectivity index (χ1) is 24.5. The van der Waals surface area contributed by atoms with Gasteiger partial charge in [-0.3, -0.25) is 24.0 Å². The molecular weight excluding hydrogens is 692 g/mol. The number of aromatic nitrogens is 2. The number of ketones is 1. The predicted octanol–water partition coefficient (Wildman–Crippen LogP) is 3.20. The molecule has 2 saturated heterocycles. The monoisotopic (exact) mass is 738 g/mol. The molecule has 4 aliphatic heterocycles. The fourth-order valence-electron chi connectivity index (χ4n) is 5.36. The number of likely N-dealkylation sites (tertiary alicyclic amines) is 2. The van der Waals surface area contributed by atoms with E-state index in [1.54, 1.807) is 47.3 Å². The van der Waals surface area contributed by atoms with Gasteiger partial charge in [-0.15, -0.1) is 12.4 Å². The summed E-state index contributed by atoms with van der Waals surface area (Å²) in [5.41, 5.74) is 4.59. The molecular formula is C36H47ClN8O7. The number of nitrogens with one attached hydrogen (secondary N) is 2. The number of Topliss-reactive ketones (excluding diaryl/α,β-unsaturated/α-hetero) is 1. The highest BCUT2D eigenvalue weighted by molar-refractivity contribution is 5.96. The maximum atomic E-state index is 12.2. The van der Waals surface area contributed by atoms with E-state index in [1.807, 2.05) is 32.9 Å². The van der Waals surface area contributed by atoms with Crippen molar-refractivity contribution in [3.05, 3.63) is 58.9 Å². The van der Waals surface area contributed by atoms with Crippen LogP contribution in [0.25, 0.3) is 12.2 Å². The normalized spacial score (nSPS) is 16.8. The molecule has 4 aliphatic rings. The van der Waals surface area contributed by atoms with E-state index in [4.69, 9.17) is 4.84 Å². The summed E-state index contributed by atoms with van der Waals surface area (Å²) in [7, 11) is 0. The third-order valence-electron chi connectivity index (χ3n) is 8.63. The standard InChI is InChI=1S/C18H22N4O3.C16H17N3O3.C2H7NO.ClH/c1-3-25-21-12(2)15-10-22(11-15)17(24)7-4-13-8-14-5-6-16(23)20-18(14)19-9-13;1-10(20)13-8-19(9-13)15(22)5-2-11-6-12-3-4-14(21)18-16(12)17-7-11;1-2-4-3;/h4,7-9,15H,3,5-6,10-11H2,1-2H3,(H,19,20,23);2,5-7,13H,3-4,8-9H2,1H3,(H,17,18,21);2-3H2,1H3;1H/b7-4+,21-12-;5-2+;;. The van der Waals surface area contributed by atoms with E-state index in [-0.39, 0.29) is 53.7 Å². The molecule has 6 rings (SSSR count). The number of carbonyl (C=O) groups excluding carboxylic acids is 5. The van der Waals surface area contributed by atoms with E-state index in [0.29, 0.717) is 76.7 Å². The van der Waals surface area contributed by atoms with Crippen molar-refractivity contribution < 1.29 is 33.6 Å². The van der Waals surface area contributed by atoms with E-state index in [9.17, 15) is 24.0 Å². The summed E-state index contributed by atoms with van der Waals surface area (Å²) in [4.78, 5) is 78.9. The first kappa shape index (κ1) is 41.4. The van der Waals surface area contributed by atoms with Crippen LogP contribution in [0.1, 0.15) is 62.8 Å².